The van der Waals surface area contributed by atoms with Gasteiger partial charge in [0.2, 0.25) is 0 Å². The van der Waals surface area contributed by atoms with Gasteiger partial charge in [0.05, 0.1) is 18.4 Å². The van der Waals surface area contributed by atoms with Crippen LogP contribution in [0.5, 0.6) is 5.75 Å². The van der Waals surface area contributed by atoms with Crippen LogP contribution in [0.3, 0.4) is 0 Å². The molecule has 1 aromatic carbocycles. The zero-order chi connectivity index (χ0) is 13.9. The maximum absolute atomic E-state index is 9.41. The molecule has 0 saturated heterocycles. The molecule has 0 fully saturated rings. The fraction of sp³-hybridized carbons (Fsp3) is 0.429. The van der Waals surface area contributed by atoms with E-state index in [1.54, 1.807) is 16.8 Å². The Bertz CT molecular complexity index is 542. The normalized spacial score (nSPS) is 11.7. The van der Waals surface area contributed by atoms with Gasteiger partial charge in [0.15, 0.2) is 0 Å². The molecule has 0 spiro atoms. The van der Waals surface area contributed by atoms with E-state index in [-0.39, 0.29) is 11.3 Å². The third-order valence-electron chi connectivity index (χ3n) is 2.64. The van der Waals surface area contributed by atoms with E-state index in [2.05, 4.69) is 36.4 Å². The van der Waals surface area contributed by atoms with Gasteiger partial charge >= 0.3 is 0 Å². The molecule has 2 rings (SSSR count). The Kier molecular flexibility index (Phi) is 3.85. The Balaban J connectivity index is 1.97. The number of rotatable bonds is 4. The first-order valence-corrected chi connectivity index (χ1v) is 6.34. The van der Waals surface area contributed by atoms with Gasteiger partial charge in [-0.15, -0.1) is 5.10 Å². The quantitative estimate of drug-likeness (QED) is 0.881. The average molecular weight is 260 g/mol. The van der Waals surface area contributed by atoms with E-state index in [0.29, 0.717) is 13.1 Å². The minimum atomic E-state index is 0.0645. The molecular weight excluding hydrogens is 240 g/mol. The summed E-state index contributed by atoms with van der Waals surface area (Å²) in [6, 6.07) is 7.16. The van der Waals surface area contributed by atoms with Crippen molar-refractivity contribution in [1.82, 2.24) is 20.3 Å². The molecule has 0 aliphatic carbocycles. The van der Waals surface area contributed by atoms with Gasteiger partial charge in [-0.05, 0) is 38.5 Å². The maximum atomic E-state index is 9.41. The van der Waals surface area contributed by atoms with Crippen LogP contribution < -0.4 is 5.32 Å². The van der Waals surface area contributed by atoms with Crippen LogP contribution in [0.25, 0.3) is 0 Å². The minimum absolute atomic E-state index is 0.0645. The van der Waals surface area contributed by atoms with E-state index in [0.717, 1.165) is 11.3 Å². The van der Waals surface area contributed by atoms with Crippen LogP contribution in [0.4, 0.5) is 0 Å². The fourth-order valence-corrected chi connectivity index (χ4v) is 1.69. The van der Waals surface area contributed by atoms with E-state index >= 15 is 0 Å². The van der Waals surface area contributed by atoms with Crippen molar-refractivity contribution < 1.29 is 5.11 Å². The highest BCUT2D eigenvalue weighted by Crippen LogP contribution is 2.12. The molecule has 19 heavy (non-hydrogen) atoms. The summed E-state index contributed by atoms with van der Waals surface area (Å²) < 4.78 is 1.77. The summed E-state index contributed by atoms with van der Waals surface area (Å²) in [6.07, 6.45) is 1.92. The van der Waals surface area contributed by atoms with Gasteiger partial charge in [-0.2, -0.15) is 0 Å². The van der Waals surface area contributed by atoms with Crippen LogP contribution >= 0.6 is 0 Å². The molecule has 5 heteroatoms. The average Bonchev–Trinajstić information content (AvgIpc) is 2.73. The molecule has 0 saturated carbocycles. The topological polar surface area (TPSA) is 63.0 Å². The molecule has 5 nitrogen and oxygen atoms in total. The third kappa shape index (κ3) is 4.37. The molecule has 0 amide bonds. The van der Waals surface area contributed by atoms with Crippen molar-refractivity contribution in [3.8, 4) is 5.75 Å². The Labute approximate surface area is 113 Å². The van der Waals surface area contributed by atoms with Gasteiger partial charge in [-0.3, -0.25) is 0 Å². The van der Waals surface area contributed by atoms with E-state index in [9.17, 15) is 5.11 Å². The molecule has 2 aromatic rings. The van der Waals surface area contributed by atoms with E-state index < -0.39 is 0 Å². The summed E-state index contributed by atoms with van der Waals surface area (Å²) in [7, 11) is 0. The summed E-state index contributed by atoms with van der Waals surface area (Å²) in [5.74, 6) is 0.271. The van der Waals surface area contributed by atoms with Crippen LogP contribution in [0.1, 0.15) is 32.0 Å². The second kappa shape index (κ2) is 5.40. The molecule has 1 heterocycles. The van der Waals surface area contributed by atoms with Crippen molar-refractivity contribution in [1.29, 1.82) is 0 Å². The summed E-state index contributed by atoms with van der Waals surface area (Å²) in [6.45, 7) is 7.65. The van der Waals surface area contributed by atoms with E-state index in [4.69, 9.17) is 0 Å². The minimum Gasteiger partial charge on any atom is -0.508 e. The number of aromatic hydroxyl groups is 1. The summed E-state index contributed by atoms with van der Waals surface area (Å²) in [5, 5.41) is 21.0. The third-order valence-corrected chi connectivity index (χ3v) is 2.64. The molecule has 0 unspecified atom stereocenters. The number of aromatic nitrogens is 3. The van der Waals surface area contributed by atoms with Gasteiger partial charge in [0.1, 0.15) is 5.75 Å². The monoisotopic (exact) mass is 260 g/mol. The van der Waals surface area contributed by atoms with Gasteiger partial charge in [0.25, 0.3) is 0 Å². The van der Waals surface area contributed by atoms with Crippen LogP contribution in [-0.2, 0) is 13.1 Å². The second-order valence-corrected chi connectivity index (χ2v) is 5.68. The van der Waals surface area contributed by atoms with Crippen molar-refractivity contribution in [2.45, 2.75) is 39.4 Å². The van der Waals surface area contributed by atoms with Crippen molar-refractivity contribution in [3.05, 3.63) is 41.7 Å². The highest BCUT2D eigenvalue weighted by Gasteiger charge is 2.10. The molecule has 102 valence electrons. The van der Waals surface area contributed by atoms with Crippen LogP contribution in [0, 0.1) is 0 Å². The zero-order valence-corrected chi connectivity index (χ0v) is 11.6. The van der Waals surface area contributed by atoms with Crippen LogP contribution in [-0.4, -0.2) is 25.6 Å². The predicted octanol–water partition coefficient (Wildman–Crippen LogP) is 1.92. The van der Waals surface area contributed by atoms with Crippen molar-refractivity contribution >= 4 is 0 Å². The van der Waals surface area contributed by atoms with Gasteiger partial charge in [-0.25, -0.2) is 4.68 Å². The summed E-state index contributed by atoms with van der Waals surface area (Å²) >= 11 is 0. The first-order valence-electron chi connectivity index (χ1n) is 6.34. The van der Waals surface area contributed by atoms with E-state index in [1.807, 2.05) is 18.3 Å². The Morgan fingerprint density at radius 2 is 2.11 bits per heavy atom. The summed E-state index contributed by atoms with van der Waals surface area (Å²) in [5.41, 5.74) is 1.98. The molecule has 1 aromatic heterocycles. The number of nitrogens with one attached hydrogen (secondary N) is 1. The van der Waals surface area contributed by atoms with Crippen molar-refractivity contribution in [2.75, 3.05) is 0 Å². The van der Waals surface area contributed by atoms with E-state index in [1.165, 1.54) is 0 Å². The lowest BCUT2D eigenvalue weighted by Gasteiger charge is -2.19. The standard InChI is InChI=1S/C14H20N4O/c1-14(2,3)15-8-12-10-18(17-16-12)9-11-5-4-6-13(19)7-11/h4-7,10,15,19H,8-9H2,1-3H3. The van der Waals surface area contributed by atoms with Crippen LogP contribution in [0.15, 0.2) is 30.5 Å². The number of phenols is 1. The van der Waals surface area contributed by atoms with Gasteiger partial charge in [0, 0.05) is 12.1 Å². The molecule has 2 N–H and O–H groups in total. The Morgan fingerprint density at radius 3 is 2.79 bits per heavy atom. The largest absolute Gasteiger partial charge is 0.508 e. The number of nitrogens with zero attached hydrogens (tertiary/aromatic N) is 3. The number of hydrogen-bond acceptors (Lipinski definition) is 4. The first-order chi connectivity index (χ1) is 8.92. The zero-order valence-electron chi connectivity index (χ0n) is 11.6. The van der Waals surface area contributed by atoms with Gasteiger partial charge < -0.3 is 10.4 Å². The molecular formula is C14H20N4O. The predicted molar refractivity (Wildman–Crippen MR) is 73.8 cm³/mol. The lowest BCUT2D eigenvalue weighted by Crippen LogP contribution is -2.35. The highest BCUT2D eigenvalue weighted by atomic mass is 16.3. The summed E-state index contributed by atoms with van der Waals surface area (Å²) in [4.78, 5) is 0. The molecule has 0 radical (unpaired) electrons. The number of phenolic OH excluding ortho intramolecular Hbond substituents is 1. The SMILES string of the molecule is CC(C)(C)NCc1cn(Cc2cccc(O)c2)nn1. The first kappa shape index (κ1) is 13.5. The van der Waals surface area contributed by atoms with Gasteiger partial charge in [-0.1, -0.05) is 17.3 Å². The Hall–Kier alpha value is -1.88. The second-order valence-electron chi connectivity index (χ2n) is 5.68. The smallest absolute Gasteiger partial charge is 0.115 e. The van der Waals surface area contributed by atoms with Crippen molar-refractivity contribution in [3.63, 3.8) is 0 Å². The Morgan fingerprint density at radius 1 is 1.32 bits per heavy atom. The lowest BCUT2D eigenvalue weighted by molar-refractivity contribution is 0.421. The lowest BCUT2D eigenvalue weighted by atomic mass is 10.1. The molecule has 0 aliphatic rings. The number of hydrogen-bond donors (Lipinski definition) is 2. The van der Waals surface area contributed by atoms with Crippen LogP contribution in [0.2, 0.25) is 0 Å². The fourth-order valence-electron chi connectivity index (χ4n) is 1.69. The highest BCUT2D eigenvalue weighted by molar-refractivity contribution is 5.27. The maximum Gasteiger partial charge on any atom is 0.115 e. The molecule has 0 bridgehead atoms. The number of benzene rings is 1. The molecule has 0 aliphatic heterocycles. The molecule has 0 atom stereocenters. The van der Waals surface area contributed by atoms with Crippen molar-refractivity contribution in [2.24, 2.45) is 0 Å².